The molecule has 0 saturated carbocycles. The Labute approximate surface area is 107 Å². The summed E-state index contributed by atoms with van der Waals surface area (Å²) in [7, 11) is 0. The molecule has 3 aliphatic heterocycles. The first-order valence-electron chi connectivity index (χ1n) is 6.97. The lowest BCUT2D eigenvalue weighted by Crippen LogP contribution is -2.58. The van der Waals surface area contributed by atoms with E-state index in [0.29, 0.717) is 13.1 Å². The van der Waals surface area contributed by atoms with Crippen LogP contribution in [-0.2, 0) is 0 Å². The topological polar surface area (TPSA) is 59.0 Å². The number of hydrogen-bond donors (Lipinski definition) is 0. The van der Waals surface area contributed by atoms with Crippen molar-refractivity contribution in [2.45, 2.75) is 38.5 Å². The molecule has 2 fully saturated rings. The van der Waals surface area contributed by atoms with Gasteiger partial charge in [-0.05, 0) is 32.1 Å². The van der Waals surface area contributed by atoms with Crippen LogP contribution in [0.4, 0.5) is 4.79 Å². The Hall–Kier alpha value is -1.14. The van der Waals surface area contributed by atoms with Crippen LogP contribution in [0, 0.1) is 0 Å². The summed E-state index contributed by atoms with van der Waals surface area (Å²) in [5.74, 6) is 0. The van der Waals surface area contributed by atoms with Crippen LogP contribution in [-0.4, -0.2) is 52.8 Å². The summed E-state index contributed by atoms with van der Waals surface area (Å²) in [4.78, 5) is 12.5. The Balaban J connectivity index is 1.81. The third-order valence-electron chi connectivity index (χ3n) is 4.17. The minimum absolute atomic E-state index is 0.0231. The molecule has 3 aliphatic rings. The summed E-state index contributed by atoms with van der Waals surface area (Å²) in [5.41, 5.74) is 0. The molecule has 2 amide bonds. The van der Waals surface area contributed by atoms with Gasteiger partial charge in [-0.2, -0.15) is 5.01 Å². The fourth-order valence-electron chi connectivity index (χ4n) is 3.15. The van der Waals surface area contributed by atoms with Crippen molar-refractivity contribution >= 4 is 12.1 Å². The van der Waals surface area contributed by atoms with Crippen LogP contribution >= 0.6 is 0 Å². The maximum atomic E-state index is 12.5. The molecule has 3 rings (SSSR count). The average Bonchev–Trinajstić information content (AvgIpc) is 2.63. The second-order valence-corrected chi connectivity index (χ2v) is 5.42. The van der Waals surface area contributed by atoms with Gasteiger partial charge >= 0.3 is 6.03 Å². The molecule has 100 valence electrons. The van der Waals surface area contributed by atoms with Crippen molar-refractivity contribution in [3.63, 3.8) is 0 Å². The molecule has 0 radical (unpaired) electrons. The average molecular weight is 252 g/mol. The SMILES string of the molecule is O=C1N(N2CCCCC2)C([O-])=N[N+]12CCCCC2. The maximum absolute atomic E-state index is 12.5. The van der Waals surface area contributed by atoms with Crippen molar-refractivity contribution in [3.8, 4) is 0 Å². The molecule has 0 atom stereocenters. The van der Waals surface area contributed by atoms with Gasteiger partial charge in [-0.25, -0.2) is 9.80 Å². The second-order valence-electron chi connectivity index (χ2n) is 5.42. The van der Waals surface area contributed by atoms with Gasteiger partial charge in [0.1, 0.15) is 19.1 Å². The molecule has 0 unspecified atom stereocenters. The zero-order chi connectivity index (χ0) is 12.6. The smallest absolute Gasteiger partial charge is 0.465 e. The van der Waals surface area contributed by atoms with Gasteiger partial charge in [0, 0.05) is 13.1 Å². The number of amidine groups is 1. The van der Waals surface area contributed by atoms with E-state index >= 15 is 0 Å². The van der Waals surface area contributed by atoms with E-state index in [1.165, 1.54) is 11.4 Å². The highest BCUT2D eigenvalue weighted by atomic mass is 16.3. The summed E-state index contributed by atoms with van der Waals surface area (Å²) in [5, 5.41) is 19.4. The van der Waals surface area contributed by atoms with E-state index in [-0.39, 0.29) is 16.6 Å². The van der Waals surface area contributed by atoms with E-state index in [4.69, 9.17) is 0 Å². The first-order valence-corrected chi connectivity index (χ1v) is 6.97. The zero-order valence-electron chi connectivity index (χ0n) is 10.7. The van der Waals surface area contributed by atoms with Gasteiger partial charge in [-0.15, -0.1) is 4.59 Å². The Morgan fingerprint density at radius 2 is 1.61 bits per heavy atom. The Morgan fingerprint density at radius 3 is 2.28 bits per heavy atom. The number of piperidine rings is 2. The lowest BCUT2D eigenvalue weighted by Gasteiger charge is -2.36. The normalized spacial score (nSPS) is 28.8. The molecule has 0 bridgehead atoms. The van der Waals surface area contributed by atoms with Crippen LogP contribution < -0.4 is 5.11 Å². The Morgan fingerprint density at radius 1 is 1.00 bits per heavy atom. The summed E-state index contributed by atoms with van der Waals surface area (Å²) in [6.07, 6.45) is 6.39. The fourth-order valence-corrected chi connectivity index (χ4v) is 3.15. The van der Waals surface area contributed by atoms with Crippen LogP contribution in [0.2, 0.25) is 0 Å². The van der Waals surface area contributed by atoms with Crippen molar-refractivity contribution in [2.75, 3.05) is 26.2 Å². The lowest BCUT2D eigenvalue weighted by molar-refractivity contribution is -0.861. The first-order chi connectivity index (χ1) is 8.73. The number of carbonyl (C=O) groups excluding carboxylic acids is 1. The summed E-state index contributed by atoms with van der Waals surface area (Å²) >= 11 is 0. The quantitative estimate of drug-likeness (QED) is 0.637. The second kappa shape index (κ2) is 4.51. The largest absolute Gasteiger partial charge is 0.841 e. The van der Waals surface area contributed by atoms with Crippen molar-refractivity contribution < 1.29 is 14.5 Å². The number of hydrogen-bond acceptors (Lipinski definition) is 4. The van der Waals surface area contributed by atoms with E-state index in [1.54, 1.807) is 0 Å². The molecule has 6 heteroatoms. The van der Waals surface area contributed by atoms with E-state index in [9.17, 15) is 9.90 Å². The van der Waals surface area contributed by atoms with Crippen molar-refractivity contribution in [3.05, 3.63) is 0 Å². The minimum Gasteiger partial charge on any atom is -0.841 e. The maximum Gasteiger partial charge on any atom is 0.465 e. The zero-order valence-corrected chi connectivity index (χ0v) is 10.7. The Kier molecular flexibility index (Phi) is 2.99. The standard InChI is InChI=1S/C12H20N4O2/c17-11-13-16(9-5-2-6-10-16)12(18)15(11)14-7-3-1-4-8-14/h1-10H2. The molecule has 0 aromatic heterocycles. The van der Waals surface area contributed by atoms with Gasteiger partial charge in [0.25, 0.3) is 0 Å². The molecule has 0 aliphatic carbocycles. The molecule has 6 nitrogen and oxygen atoms in total. The van der Waals surface area contributed by atoms with Crippen LogP contribution in [0.5, 0.6) is 0 Å². The summed E-state index contributed by atoms with van der Waals surface area (Å²) < 4.78 is 0.0231. The molecule has 0 N–H and O–H groups in total. The van der Waals surface area contributed by atoms with Gasteiger partial charge < -0.3 is 5.11 Å². The molecule has 0 aromatic carbocycles. The predicted molar refractivity (Wildman–Crippen MR) is 63.9 cm³/mol. The van der Waals surface area contributed by atoms with E-state index in [0.717, 1.165) is 45.2 Å². The van der Waals surface area contributed by atoms with Crippen LogP contribution in [0.3, 0.4) is 0 Å². The highest BCUT2D eigenvalue weighted by Gasteiger charge is 2.49. The number of carbonyl (C=O) groups is 1. The van der Waals surface area contributed by atoms with Crippen LogP contribution in [0.1, 0.15) is 38.5 Å². The lowest BCUT2D eigenvalue weighted by atomic mass is 10.1. The number of hydrazine groups is 1. The van der Waals surface area contributed by atoms with E-state index in [2.05, 4.69) is 5.10 Å². The van der Waals surface area contributed by atoms with Crippen LogP contribution in [0.15, 0.2) is 5.10 Å². The molecule has 18 heavy (non-hydrogen) atoms. The molecular formula is C12H20N4O2. The van der Waals surface area contributed by atoms with E-state index < -0.39 is 0 Å². The number of amides is 2. The van der Waals surface area contributed by atoms with Gasteiger partial charge in [0.15, 0.2) is 0 Å². The number of urea groups is 1. The summed E-state index contributed by atoms with van der Waals surface area (Å²) in [6.45, 7) is 2.98. The number of rotatable bonds is 1. The molecule has 2 saturated heterocycles. The highest BCUT2D eigenvalue weighted by molar-refractivity contribution is 5.90. The minimum atomic E-state index is -0.358. The van der Waals surface area contributed by atoms with Crippen LogP contribution in [0.25, 0.3) is 0 Å². The molecule has 0 aromatic rings. The third-order valence-corrected chi connectivity index (χ3v) is 4.17. The predicted octanol–water partition coefficient (Wildman–Crippen LogP) is 0.455. The van der Waals surface area contributed by atoms with Gasteiger partial charge in [-0.1, -0.05) is 11.5 Å². The third kappa shape index (κ3) is 1.80. The Bertz CT molecular complexity index is 370. The highest BCUT2D eigenvalue weighted by Crippen LogP contribution is 2.28. The molecule has 3 heterocycles. The molecular weight excluding hydrogens is 232 g/mol. The summed E-state index contributed by atoms with van der Waals surface area (Å²) in [6, 6.07) is -0.481. The van der Waals surface area contributed by atoms with Gasteiger partial charge in [0.2, 0.25) is 0 Å². The molecule has 1 spiro atoms. The van der Waals surface area contributed by atoms with Crippen molar-refractivity contribution in [2.24, 2.45) is 5.10 Å². The number of nitrogens with zero attached hydrogens (tertiary/aromatic N) is 4. The van der Waals surface area contributed by atoms with Crippen molar-refractivity contribution in [1.29, 1.82) is 0 Å². The van der Waals surface area contributed by atoms with Crippen molar-refractivity contribution in [1.82, 2.24) is 10.0 Å². The fraction of sp³-hybridized carbons (Fsp3) is 0.833. The van der Waals surface area contributed by atoms with E-state index in [1.807, 2.05) is 5.01 Å². The monoisotopic (exact) mass is 252 g/mol. The first kappa shape index (κ1) is 11.9. The van der Waals surface area contributed by atoms with Gasteiger partial charge in [-0.3, -0.25) is 0 Å². The number of quaternary nitrogens is 1. The van der Waals surface area contributed by atoms with Gasteiger partial charge in [0.05, 0.1) is 0 Å².